The van der Waals surface area contributed by atoms with Crippen molar-refractivity contribution >= 4 is 28.6 Å². The molecule has 1 aromatic rings. The zero-order chi connectivity index (χ0) is 10.6. The summed E-state index contributed by atoms with van der Waals surface area (Å²) in [5.74, 6) is -0.944. The largest absolute Gasteiger partial charge is 0.480 e. The highest BCUT2D eigenvalue weighted by Gasteiger charge is 2.14. The van der Waals surface area contributed by atoms with Gasteiger partial charge < -0.3 is 5.11 Å². The van der Waals surface area contributed by atoms with Gasteiger partial charge in [0.1, 0.15) is 0 Å². The molecule has 0 heterocycles. The van der Waals surface area contributed by atoms with Crippen LogP contribution in [0.1, 0.15) is 5.56 Å². The van der Waals surface area contributed by atoms with Gasteiger partial charge in [0.05, 0.1) is 0 Å². The molecule has 1 atom stereocenters. The summed E-state index contributed by atoms with van der Waals surface area (Å²) in [6.45, 7) is 3.26. The standard InChI is InChI=1S/C10H10BrNO2/c1-12-9(10(13)14)6-7-3-2-4-8(11)5-7/h2-5,9H,1,6H2,(H,13,14). The number of hydrogen-bond acceptors (Lipinski definition) is 2. The van der Waals surface area contributed by atoms with Crippen LogP contribution in [0.15, 0.2) is 33.7 Å². The van der Waals surface area contributed by atoms with Crippen molar-refractivity contribution in [1.82, 2.24) is 0 Å². The van der Waals surface area contributed by atoms with Gasteiger partial charge >= 0.3 is 5.97 Å². The Kier molecular flexibility index (Phi) is 3.83. The third kappa shape index (κ3) is 2.96. The van der Waals surface area contributed by atoms with Crippen molar-refractivity contribution in [2.45, 2.75) is 12.5 Å². The maximum atomic E-state index is 10.7. The van der Waals surface area contributed by atoms with Gasteiger partial charge in [0.2, 0.25) is 0 Å². The van der Waals surface area contributed by atoms with Crippen molar-refractivity contribution in [2.75, 3.05) is 0 Å². The molecule has 1 unspecified atom stereocenters. The molecule has 0 aromatic heterocycles. The molecule has 14 heavy (non-hydrogen) atoms. The van der Waals surface area contributed by atoms with Crippen LogP contribution in [0.4, 0.5) is 0 Å². The van der Waals surface area contributed by atoms with Gasteiger partial charge in [-0.3, -0.25) is 4.99 Å². The minimum atomic E-state index is -0.944. The molecular formula is C10H10BrNO2. The SMILES string of the molecule is C=NC(Cc1cccc(Br)c1)C(=O)O. The van der Waals surface area contributed by atoms with Crippen LogP contribution in [0.3, 0.4) is 0 Å². The first-order valence-corrected chi connectivity index (χ1v) is 4.86. The zero-order valence-electron chi connectivity index (χ0n) is 7.48. The molecule has 0 saturated carbocycles. The minimum Gasteiger partial charge on any atom is -0.480 e. The second kappa shape index (κ2) is 4.91. The molecule has 0 aliphatic heterocycles. The number of carbonyl (C=O) groups is 1. The summed E-state index contributed by atoms with van der Waals surface area (Å²) in [4.78, 5) is 14.2. The van der Waals surface area contributed by atoms with Crippen LogP contribution in [-0.4, -0.2) is 23.8 Å². The normalized spacial score (nSPS) is 12.1. The van der Waals surface area contributed by atoms with Crippen LogP contribution in [0.2, 0.25) is 0 Å². The Bertz CT molecular complexity index is 352. The smallest absolute Gasteiger partial charge is 0.328 e. The highest BCUT2D eigenvalue weighted by atomic mass is 79.9. The van der Waals surface area contributed by atoms with E-state index in [2.05, 4.69) is 27.6 Å². The summed E-state index contributed by atoms with van der Waals surface area (Å²) in [5, 5.41) is 8.76. The number of carboxylic acids is 1. The zero-order valence-corrected chi connectivity index (χ0v) is 9.07. The Morgan fingerprint density at radius 1 is 1.64 bits per heavy atom. The maximum Gasteiger partial charge on any atom is 0.328 e. The van der Waals surface area contributed by atoms with Crippen molar-refractivity contribution in [3.8, 4) is 0 Å². The molecule has 0 radical (unpaired) electrons. The van der Waals surface area contributed by atoms with Crippen molar-refractivity contribution in [3.63, 3.8) is 0 Å². The number of aliphatic imine (C=N–C) groups is 1. The Labute approximate surface area is 90.6 Å². The van der Waals surface area contributed by atoms with Crippen molar-refractivity contribution in [3.05, 3.63) is 34.3 Å². The van der Waals surface area contributed by atoms with Crippen molar-refractivity contribution in [2.24, 2.45) is 4.99 Å². The lowest BCUT2D eigenvalue weighted by atomic mass is 10.1. The molecule has 74 valence electrons. The van der Waals surface area contributed by atoms with E-state index < -0.39 is 12.0 Å². The molecule has 0 bridgehead atoms. The molecule has 4 heteroatoms. The molecule has 0 aliphatic carbocycles. The van der Waals surface area contributed by atoms with E-state index in [0.717, 1.165) is 10.0 Å². The third-order valence-electron chi connectivity index (χ3n) is 1.82. The van der Waals surface area contributed by atoms with Gasteiger partial charge in [0.15, 0.2) is 6.04 Å². The van der Waals surface area contributed by atoms with Crippen LogP contribution in [0.25, 0.3) is 0 Å². The number of benzene rings is 1. The molecule has 1 rings (SSSR count). The van der Waals surface area contributed by atoms with Crippen LogP contribution in [-0.2, 0) is 11.2 Å². The van der Waals surface area contributed by atoms with Crippen LogP contribution < -0.4 is 0 Å². The molecule has 1 N–H and O–H groups in total. The Morgan fingerprint density at radius 3 is 2.86 bits per heavy atom. The van der Waals surface area contributed by atoms with Gasteiger partial charge in [-0.1, -0.05) is 28.1 Å². The van der Waals surface area contributed by atoms with Crippen LogP contribution in [0, 0.1) is 0 Å². The average molecular weight is 256 g/mol. The molecule has 0 fully saturated rings. The van der Waals surface area contributed by atoms with E-state index >= 15 is 0 Å². The molecular weight excluding hydrogens is 246 g/mol. The predicted molar refractivity (Wildman–Crippen MR) is 58.8 cm³/mol. The quantitative estimate of drug-likeness (QED) is 0.839. The third-order valence-corrected chi connectivity index (χ3v) is 2.32. The Morgan fingerprint density at radius 2 is 2.36 bits per heavy atom. The monoisotopic (exact) mass is 255 g/mol. The van der Waals surface area contributed by atoms with E-state index in [1.807, 2.05) is 24.3 Å². The summed E-state index contributed by atoms with van der Waals surface area (Å²) in [7, 11) is 0. The van der Waals surface area contributed by atoms with E-state index in [1.165, 1.54) is 0 Å². The first-order valence-electron chi connectivity index (χ1n) is 4.06. The van der Waals surface area contributed by atoms with Gasteiger partial charge in [-0.25, -0.2) is 4.79 Å². The number of halogens is 1. The van der Waals surface area contributed by atoms with Crippen molar-refractivity contribution in [1.29, 1.82) is 0 Å². The van der Waals surface area contributed by atoms with Crippen molar-refractivity contribution < 1.29 is 9.90 Å². The summed E-state index contributed by atoms with van der Waals surface area (Å²) in [5.41, 5.74) is 0.930. The number of carboxylic acid groups (broad SMARTS) is 1. The van der Waals surface area contributed by atoms with E-state index in [9.17, 15) is 4.79 Å². The van der Waals surface area contributed by atoms with E-state index in [4.69, 9.17) is 5.11 Å². The molecule has 0 saturated heterocycles. The Balaban J connectivity index is 2.76. The first kappa shape index (κ1) is 10.9. The second-order valence-corrected chi connectivity index (χ2v) is 3.79. The molecule has 0 amide bonds. The summed E-state index contributed by atoms with van der Waals surface area (Å²) < 4.78 is 0.934. The number of hydrogen-bond donors (Lipinski definition) is 1. The lowest BCUT2D eigenvalue weighted by molar-refractivity contribution is -0.138. The first-order chi connectivity index (χ1) is 6.63. The summed E-state index contributed by atoms with van der Waals surface area (Å²) >= 11 is 3.32. The van der Waals surface area contributed by atoms with E-state index in [1.54, 1.807) is 0 Å². The number of aliphatic carboxylic acids is 1. The molecule has 0 spiro atoms. The summed E-state index contributed by atoms with van der Waals surface area (Å²) in [6, 6.07) is 6.74. The lowest BCUT2D eigenvalue weighted by Crippen LogP contribution is -2.20. The van der Waals surface area contributed by atoms with Gasteiger partial charge in [-0.05, 0) is 24.4 Å². The Hall–Kier alpha value is -1.16. The second-order valence-electron chi connectivity index (χ2n) is 2.87. The van der Waals surface area contributed by atoms with Crippen LogP contribution in [0.5, 0.6) is 0 Å². The fourth-order valence-electron chi connectivity index (χ4n) is 1.12. The number of rotatable bonds is 4. The van der Waals surface area contributed by atoms with Gasteiger partial charge in [-0.15, -0.1) is 0 Å². The van der Waals surface area contributed by atoms with Crippen LogP contribution >= 0.6 is 15.9 Å². The maximum absolute atomic E-state index is 10.7. The minimum absolute atomic E-state index is 0.373. The van der Waals surface area contributed by atoms with Gasteiger partial charge in [0, 0.05) is 10.9 Å². The number of nitrogens with zero attached hydrogens (tertiary/aromatic N) is 1. The fraction of sp³-hybridized carbons (Fsp3) is 0.200. The lowest BCUT2D eigenvalue weighted by Gasteiger charge is -2.06. The van der Waals surface area contributed by atoms with Gasteiger partial charge in [0.25, 0.3) is 0 Å². The average Bonchev–Trinajstić information content (AvgIpc) is 2.14. The highest BCUT2D eigenvalue weighted by Crippen LogP contribution is 2.13. The van der Waals surface area contributed by atoms with E-state index in [0.29, 0.717) is 6.42 Å². The fourth-order valence-corrected chi connectivity index (χ4v) is 1.56. The molecule has 1 aromatic carbocycles. The van der Waals surface area contributed by atoms with Gasteiger partial charge in [-0.2, -0.15) is 0 Å². The topological polar surface area (TPSA) is 49.7 Å². The summed E-state index contributed by atoms with van der Waals surface area (Å²) in [6.07, 6.45) is 0.373. The highest BCUT2D eigenvalue weighted by molar-refractivity contribution is 9.10. The predicted octanol–water partition coefficient (Wildman–Crippen LogP) is 2.15. The van der Waals surface area contributed by atoms with E-state index in [-0.39, 0.29) is 0 Å². The molecule has 3 nitrogen and oxygen atoms in total. The molecule has 0 aliphatic rings.